The van der Waals surface area contributed by atoms with Crippen molar-refractivity contribution in [1.29, 1.82) is 0 Å². The van der Waals surface area contributed by atoms with Gasteiger partial charge in [0.15, 0.2) is 0 Å². The molecule has 3 heteroatoms. The molecule has 0 saturated heterocycles. The van der Waals surface area contributed by atoms with E-state index in [1.165, 1.54) is 18.1 Å². The molecule has 0 atom stereocenters. The highest BCUT2D eigenvalue weighted by Gasteiger charge is 2.30. The van der Waals surface area contributed by atoms with E-state index >= 15 is 0 Å². The molecule has 0 heterocycles. The van der Waals surface area contributed by atoms with E-state index in [-0.39, 0.29) is 5.97 Å². The Labute approximate surface area is 111 Å². The van der Waals surface area contributed by atoms with Crippen LogP contribution in [-0.2, 0) is 16.1 Å². The van der Waals surface area contributed by atoms with Crippen molar-refractivity contribution >= 4 is 14.0 Å². The molecular formula is C15H24O2Si. The minimum absolute atomic E-state index is 0.0175. The first kappa shape index (κ1) is 15.0. The van der Waals surface area contributed by atoms with Gasteiger partial charge in [0.2, 0.25) is 0 Å². The summed E-state index contributed by atoms with van der Waals surface area (Å²) in [4.78, 5) is 11.9. The molecule has 0 saturated carbocycles. The summed E-state index contributed by atoms with van der Waals surface area (Å²) in [6.07, 6.45) is 0. The molecule has 0 bridgehead atoms. The molecule has 1 aromatic carbocycles. The van der Waals surface area contributed by atoms with E-state index in [0.29, 0.717) is 12.7 Å². The van der Waals surface area contributed by atoms with Gasteiger partial charge < -0.3 is 4.74 Å². The predicted octanol–water partition coefficient (Wildman–Crippen LogP) is 4.24. The molecule has 18 heavy (non-hydrogen) atoms. The van der Waals surface area contributed by atoms with Gasteiger partial charge in [-0.05, 0) is 5.56 Å². The van der Waals surface area contributed by atoms with Crippen LogP contribution in [-0.4, -0.2) is 14.0 Å². The molecule has 0 amide bonds. The average Bonchev–Trinajstić information content (AvgIpc) is 2.44. The topological polar surface area (TPSA) is 26.3 Å². The molecule has 0 aliphatic heterocycles. The molecule has 0 spiro atoms. The maximum Gasteiger partial charge on any atom is 0.303 e. The van der Waals surface area contributed by atoms with Crippen LogP contribution in [0, 0.1) is 0 Å². The Morgan fingerprint density at radius 2 is 1.61 bits per heavy atom. The van der Waals surface area contributed by atoms with E-state index in [0.717, 1.165) is 5.56 Å². The van der Waals surface area contributed by atoms with Gasteiger partial charge >= 0.3 is 5.97 Å². The first-order chi connectivity index (χ1) is 8.65. The van der Waals surface area contributed by atoms with E-state index in [9.17, 15) is 4.79 Å². The third-order valence-electron chi connectivity index (χ3n) is 4.01. The second kappa shape index (κ2) is 7.37. The number of carbonyl (C=O) groups is 1. The zero-order chi connectivity index (χ0) is 13.4. The van der Waals surface area contributed by atoms with Crippen molar-refractivity contribution in [1.82, 2.24) is 0 Å². The monoisotopic (exact) mass is 264 g/mol. The largest absolute Gasteiger partial charge is 0.461 e. The van der Waals surface area contributed by atoms with Crippen molar-refractivity contribution in [2.24, 2.45) is 0 Å². The van der Waals surface area contributed by atoms with Gasteiger partial charge in [-0.25, -0.2) is 0 Å². The Bertz CT molecular complexity index is 350. The lowest BCUT2D eigenvalue weighted by Gasteiger charge is -2.26. The van der Waals surface area contributed by atoms with Gasteiger partial charge in [-0.15, -0.1) is 0 Å². The summed E-state index contributed by atoms with van der Waals surface area (Å²) in [5.41, 5.74) is 1.06. The molecule has 0 aliphatic rings. The maximum absolute atomic E-state index is 11.9. The Balaban J connectivity index is 2.46. The normalized spacial score (nSPS) is 11.3. The maximum atomic E-state index is 11.9. The lowest BCUT2D eigenvalue weighted by molar-refractivity contribution is -0.142. The number of rotatable bonds is 7. The van der Waals surface area contributed by atoms with Crippen LogP contribution in [0.1, 0.15) is 26.3 Å². The molecule has 0 fully saturated rings. The summed E-state index contributed by atoms with van der Waals surface area (Å²) >= 11 is 0. The zero-order valence-electron chi connectivity index (χ0n) is 11.7. The second-order valence-corrected chi connectivity index (χ2v) is 10.4. The van der Waals surface area contributed by atoms with E-state index in [2.05, 4.69) is 20.8 Å². The molecule has 1 aromatic rings. The first-order valence-electron chi connectivity index (χ1n) is 6.85. The van der Waals surface area contributed by atoms with Gasteiger partial charge in [0, 0.05) is 6.04 Å². The molecule has 2 nitrogen and oxygen atoms in total. The smallest absolute Gasteiger partial charge is 0.303 e. The van der Waals surface area contributed by atoms with E-state index in [4.69, 9.17) is 4.74 Å². The first-order valence-corrected chi connectivity index (χ1v) is 9.68. The molecule has 0 unspecified atom stereocenters. The molecular weight excluding hydrogens is 240 g/mol. The molecule has 0 aliphatic carbocycles. The van der Waals surface area contributed by atoms with Crippen molar-refractivity contribution in [3.63, 3.8) is 0 Å². The van der Waals surface area contributed by atoms with Crippen LogP contribution in [0.5, 0.6) is 0 Å². The van der Waals surface area contributed by atoms with Crippen molar-refractivity contribution in [3.05, 3.63) is 35.9 Å². The van der Waals surface area contributed by atoms with Crippen molar-refractivity contribution in [3.8, 4) is 0 Å². The van der Waals surface area contributed by atoms with Crippen LogP contribution in [0.4, 0.5) is 0 Å². The van der Waals surface area contributed by atoms with Crippen molar-refractivity contribution < 1.29 is 9.53 Å². The number of esters is 1. The summed E-state index contributed by atoms with van der Waals surface area (Å²) in [7, 11) is -1.39. The minimum Gasteiger partial charge on any atom is -0.461 e. The summed E-state index contributed by atoms with van der Waals surface area (Å²) < 4.78 is 5.38. The zero-order valence-corrected chi connectivity index (χ0v) is 12.7. The van der Waals surface area contributed by atoms with Crippen LogP contribution in [0.15, 0.2) is 30.3 Å². The lowest BCUT2D eigenvalue weighted by atomic mass is 10.2. The third kappa shape index (κ3) is 4.30. The summed E-state index contributed by atoms with van der Waals surface area (Å²) in [6.45, 7) is 7.04. The molecule has 100 valence electrons. The van der Waals surface area contributed by atoms with Crippen LogP contribution in [0.3, 0.4) is 0 Å². The third-order valence-corrected chi connectivity index (χ3v) is 9.55. The summed E-state index contributed by atoms with van der Waals surface area (Å²) in [5.74, 6) is -0.0175. The van der Waals surface area contributed by atoms with Crippen LogP contribution >= 0.6 is 0 Å². The van der Waals surface area contributed by atoms with Gasteiger partial charge in [0.1, 0.15) is 6.61 Å². The fraction of sp³-hybridized carbons (Fsp3) is 0.533. The highest BCUT2D eigenvalue weighted by atomic mass is 28.3. The number of carbonyl (C=O) groups excluding carboxylic acids is 1. The van der Waals surface area contributed by atoms with Gasteiger partial charge in [-0.3, -0.25) is 4.79 Å². The van der Waals surface area contributed by atoms with E-state index < -0.39 is 8.07 Å². The quantitative estimate of drug-likeness (QED) is 0.544. The Kier molecular flexibility index (Phi) is 6.12. The number of benzene rings is 1. The lowest BCUT2D eigenvalue weighted by Crippen LogP contribution is -2.34. The molecule has 0 N–H and O–H groups in total. The van der Waals surface area contributed by atoms with Crippen LogP contribution in [0.2, 0.25) is 24.2 Å². The van der Waals surface area contributed by atoms with Gasteiger partial charge in [0.05, 0.1) is 8.07 Å². The number of ether oxygens (including phenoxy) is 1. The fourth-order valence-electron chi connectivity index (χ4n) is 2.22. The van der Waals surface area contributed by atoms with Crippen molar-refractivity contribution in [2.45, 2.75) is 51.6 Å². The average molecular weight is 264 g/mol. The van der Waals surface area contributed by atoms with Gasteiger partial charge in [-0.1, -0.05) is 69.2 Å². The van der Waals surface area contributed by atoms with Crippen molar-refractivity contribution in [2.75, 3.05) is 0 Å². The minimum atomic E-state index is -1.39. The second-order valence-electron chi connectivity index (χ2n) is 4.88. The Hall–Kier alpha value is -1.09. The SMILES string of the molecule is CC[Si](CC)(CC)CC(=O)OCc1ccccc1. The molecule has 0 aromatic heterocycles. The highest BCUT2D eigenvalue weighted by molar-refractivity contribution is 6.82. The van der Waals surface area contributed by atoms with E-state index in [1.54, 1.807) is 0 Å². The standard InChI is InChI=1S/C15H24O2Si/c1-4-18(5-2,6-3)13-15(16)17-12-14-10-8-7-9-11-14/h7-11H,4-6,12-13H2,1-3H3. The van der Waals surface area contributed by atoms with Crippen LogP contribution < -0.4 is 0 Å². The van der Waals surface area contributed by atoms with Gasteiger partial charge in [0.25, 0.3) is 0 Å². The Morgan fingerprint density at radius 1 is 1.06 bits per heavy atom. The van der Waals surface area contributed by atoms with Crippen LogP contribution in [0.25, 0.3) is 0 Å². The predicted molar refractivity (Wildman–Crippen MR) is 78.2 cm³/mol. The van der Waals surface area contributed by atoms with Gasteiger partial charge in [-0.2, -0.15) is 0 Å². The highest BCUT2D eigenvalue weighted by Crippen LogP contribution is 2.25. The van der Waals surface area contributed by atoms with E-state index in [1.807, 2.05) is 30.3 Å². The number of hydrogen-bond acceptors (Lipinski definition) is 2. The molecule has 1 rings (SSSR count). The number of hydrogen-bond donors (Lipinski definition) is 0. The summed E-state index contributed by atoms with van der Waals surface area (Å²) in [6, 6.07) is 14.0. The molecule has 0 radical (unpaired) electrons. The Morgan fingerprint density at radius 3 is 2.11 bits per heavy atom. The summed E-state index contributed by atoms with van der Waals surface area (Å²) in [5, 5.41) is 0. The fourth-order valence-corrected chi connectivity index (χ4v) is 5.18.